The third-order valence-electron chi connectivity index (χ3n) is 2.78. The van der Waals surface area contributed by atoms with Crippen LogP contribution in [-0.4, -0.2) is 35.0 Å². The summed E-state index contributed by atoms with van der Waals surface area (Å²) in [4.78, 5) is 4.05. The lowest BCUT2D eigenvalue weighted by molar-refractivity contribution is 0.0677. The summed E-state index contributed by atoms with van der Waals surface area (Å²) in [5.74, 6) is 0. The van der Waals surface area contributed by atoms with Gasteiger partial charge in [-0.3, -0.25) is 4.98 Å². The zero-order valence-electron chi connectivity index (χ0n) is 9.85. The van der Waals surface area contributed by atoms with Crippen LogP contribution in [0.25, 0.3) is 0 Å². The van der Waals surface area contributed by atoms with E-state index in [9.17, 15) is 0 Å². The van der Waals surface area contributed by atoms with Gasteiger partial charge in [-0.25, -0.2) is 0 Å². The van der Waals surface area contributed by atoms with Crippen LogP contribution < -0.4 is 5.32 Å². The zero-order chi connectivity index (χ0) is 12.0. The standard InChI is InChI=1S/C12H20N2O2/c1-10(11-4-3-5-13-6-11)14-7-12(2,8-15)9-16/h3-6,10,14-16H,7-9H2,1-2H3/t10-/m1/s1. The first kappa shape index (κ1) is 13.1. The third kappa shape index (κ3) is 3.56. The summed E-state index contributed by atoms with van der Waals surface area (Å²) in [5.41, 5.74) is 0.622. The molecule has 4 nitrogen and oxygen atoms in total. The highest BCUT2D eigenvalue weighted by atomic mass is 16.3. The maximum absolute atomic E-state index is 9.16. The molecule has 1 aromatic heterocycles. The van der Waals surface area contributed by atoms with Crippen molar-refractivity contribution in [3.05, 3.63) is 30.1 Å². The van der Waals surface area contributed by atoms with Gasteiger partial charge in [0.1, 0.15) is 0 Å². The predicted octanol–water partition coefficient (Wildman–Crippen LogP) is 0.723. The summed E-state index contributed by atoms with van der Waals surface area (Å²) < 4.78 is 0. The van der Waals surface area contributed by atoms with Gasteiger partial charge in [-0.05, 0) is 18.6 Å². The first-order valence-corrected chi connectivity index (χ1v) is 5.46. The van der Waals surface area contributed by atoms with E-state index in [0.717, 1.165) is 5.56 Å². The lowest BCUT2D eigenvalue weighted by Crippen LogP contribution is -2.38. The molecule has 0 bridgehead atoms. The molecule has 0 fully saturated rings. The Morgan fingerprint density at radius 2 is 2.12 bits per heavy atom. The Kier molecular flexibility index (Phi) is 4.86. The second-order valence-corrected chi connectivity index (χ2v) is 4.52. The van der Waals surface area contributed by atoms with Crippen molar-refractivity contribution in [2.75, 3.05) is 19.8 Å². The molecule has 0 saturated heterocycles. The summed E-state index contributed by atoms with van der Waals surface area (Å²) in [5, 5.41) is 21.6. The van der Waals surface area contributed by atoms with Crippen LogP contribution in [0, 0.1) is 5.41 Å². The summed E-state index contributed by atoms with van der Waals surface area (Å²) in [6, 6.07) is 4.05. The maximum atomic E-state index is 9.16. The fourth-order valence-electron chi connectivity index (χ4n) is 1.31. The van der Waals surface area contributed by atoms with Crippen LogP contribution in [0.5, 0.6) is 0 Å². The van der Waals surface area contributed by atoms with Crippen LogP contribution in [-0.2, 0) is 0 Å². The molecule has 0 aromatic carbocycles. The molecule has 1 rings (SSSR count). The van der Waals surface area contributed by atoms with E-state index >= 15 is 0 Å². The predicted molar refractivity (Wildman–Crippen MR) is 62.9 cm³/mol. The van der Waals surface area contributed by atoms with Gasteiger partial charge in [0.2, 0.25) is 0 Å². The van der Waals surface area contributed by atoms with Crippen LogP contribution in [0.4, 0.5) is 0 Å². The number of hydrogen-bond donors (Lipinski definition) is 3. The molecule has 0 saturated carbocycles. The number of nitrogens with one attached hydrogen (secondary N) is 1. The Labute approximate surface area is 96.3 Å². The second-order valence-electron chi connectivity index (χ2n) is 4.52. The largest absolute Gasteiger partial charge is 0.396 e. The van der Waals surface area contributed by atoms with Crippen molar-refractivity contribution in [1.29, 1.82) is 0 Å². The molecular formula is C12H20N2O2. The molecular weight excluding hydrogens is 204 g/mol. The van der Waals surface area contributed by atoms with Crippen LogP contribution in [0.1, 0.15) is 25.5 Å². The molecule has 1 aromatic rings. The van der Waals surface area contributed by atoms with E-state index < -0.39 is 5.41 Å². The quantitative estimate of drug-likeness (QED) is 0.666. The van der Waals surface area contributed by atoms with E-state index in [4.69, 9.17) is 10.2 Å². The summed E-state index contributed by atoms with van der Waals surface area (Å²) in [7, 11) is 0. The second kappa shape index (κ2) is 5.94. The van der Waals surface area contributed by atoms with Gasteiger partial charge in [0, 0.05) is 30.4 Å². The lowest BCUT2D eigenvalue weighted by atomic mass is 9.92. The van der Waals surface area contributed by atoms with Crippen LogP contribution in [0.15, 0.2) is 24.5 Å². The number of hydrogen-bond acceptors (Lipinski definition) is 4. The smallest absolute Gasteiger partial charge is 0.0519 e. The molecule has 0 aliphatic heterocycles. The SMILES string of the molecule is C[C@@H](NCC(C)(CO)CO)c1cccnc1. The van der Waals surface area contributed by atoms with E-state index in [0.29, 0.717) is 6.54 Å². The number of pyridine rings is 1. The van der Waals surface area contributed by atoms with Crippen molar-refractivity contribution in [1.82, 2.24) is 10.3 Å². The minimum Gasteiger partial charge on any atom is -0.396 e. The van der Waals surface area contributed by atoms with E-state index in [2.05, 4.69) is 10.3 Å². The Hall–Kier alpha value is -0.970. The molecule has 0 spiro atoms. The van der Waals surface area contributed by atoms with Gasteiger partial charge in [-0.2, -0.15) is 0 Å². The van der Waals surface area contributed by atoms with Crippen molar-refractivity contribution < 1.29 is 10.2 Å². The maximum Gasteiger partial charge on any atom is 0.0519 e. The van der Waals surface area contributed by atoms with E-state index in [1.807, 2.05) is 32.2 Å². The first-order chi connectivity index (χ1) is 7.61. The van der Waals surface area contributed by atoms with Gasteiger partial charge >= 0.3 is 0 Å². The average Bonchev–Trinajstić information content (AvgIpc) is 2.36. The van der Waals surface area contributed by atoms with Crippen molar-refractivity contribution in [3.63, 3.8) is 0 Å². The van der Waals surface area contributed by atoms with E-state index in [-0.39, 0.29) is 19.3 Å². The van der Waals surface area contributed by atoms with Gasteiger partial charge in [-0.1, -0.05) is 13.0 Å². The van der Waals surface area contributed by atoms with Crippen LogP contribution in [0.3, 0.4) is 0 Å². The lowest BCUT2D eigenvalue weighted by Gasteiger charge is -2.27. The fraction of sp³-hybridized carbons (Fsp3) is 0.583. The van der Waals surface area contributed by atoms with Gasteiger partial charge in [0.25, 0.3) is 0 Å². The number of aliphatic hydroxyl groups excluding tert-OH is 2. The fourth-order valence-corrected chi connectivity index (χ4v) is 1.31. The Balaban J connectivity index is 2.50. The highest BCUT2D eigenvalue weighted by molar-refractivity contribution is 5.12. The number of aromatic nitrogens is 1. The molecule has 0 unspecified atom stereocenters. The first-order valence-electron chi connectivity index (χ1n) is 5.46. The highest BCUT2D eigenvalue weighted by Gasteiger charge is 2.22. The minimum absolute atomic E-state index is 0.0315. The molecule has 1 heterocycles. The number of rotatable bonds is 6. The Morgan fingerprint density at radius 1 is 1.44 bits per heavy atom. The average molecular weight is 224 g/mol. The minimum atomic E-state index is -0.476. The third-order valence-corrected chi connectivity index (χ3v) is 2.78. The molecule has 0 aliphatic carbocycles. The monoisotopic (exact) mass is 224 g/mol. The number of aliphatic hydroxyl groups is 2. The van der Waals surface area contributed by atoms with Gasteiger partial charge in [-0.15, -0.1) is 0 Å². The molecule has 16 heavy (non-hydrogen) atoms. The molecule has 0 radical (unpaired) electrons. The Bertz CT molecular complexity index is 299. The summed E-state index contributed by atoms with van der Waals surface area (Å²) in [6.07, 6.45) is 3.55. The van der Waals surface area contributed by atoms with E-state index in [1.54, 1.807) is 6.20 Å². The van der Waals surface area contributed by atoms with Gasteiger partial charge in [0.15, 0.2) is 0 Å². The molecule has 1 atom stereocenters. The summed E-state index contributed by atoms with van der Waals surface area (Å²) in [6.45, 7) is 4.38. The van der Waals surface area contributed by atoms with Crippen LogP contribution in [0.2, 0.25) is 0 Å². The van der Waals surface area contributed by atoms with E-state index in [1.165, 1.54) is 0 Å². The van der Waals surface area contributed by atoms with Gasteiger partial charge < -0.3 is 15.5 Å². The molecule has 3 N–H and O–H groups in total. The molecule has 0 aliphatic rings. The zero-order valence-corrected chi connectivity index (χ0v) is 9.85. The van der Waals surface area contributed by atoms with Gasteiger partial charge in [0.05, 0.1) is 13.2 Å². The van der Waals surface area contributed by atoms with Crippen molar-refractivity contribution in [3.8, 4) is 0 Å². The number of nitrogens with zero attached hydrogens (tertiary/aromatic N) is 1. The molecule has 4 heteroatoms. The van der Waals surface area contributed by atoms with Crippen molar-refractivity contribution >= 4 is 0 Å². The molecule has 0 amide bonds. The van der Waals surface area contributed by atoms with Crippen molar-refractivity contribution in [2.45, 2.75) is 19.9 Å². The highest BCUT2D eigenvalue weighted by Crippen LogP contribution is 2.16. The topological polar surface area (TPSA) is 65.4 Å². The molecule has 90 valence electrons. The normalized spacial score (nSPS) is 13.8. The summed E-state index contributed by atoms with van der Waals surface area (Å²) >= 11 is 0. The van der Waals surface area contributed by atoms with Crippen molar-refractivity contribution in [2.24, 2.45) is 5.41 Å². The Morgan fingerprint density at radius 3 is 2.62 bits per heavy atom. The van der Waals surface area contributed by atoms with Crippen LogP contribution >= 0.6 is 0 Å².